The van der Waals surface area contributed by atoms with E-state index in [1.54, 1.807) is 11.0 Å². The zero-order valence-electron chi connectivity index (χ0n) is 13.2. The van der Waals surface area contributed by atoms with E-state index in [9.17, 15) is 4.79 Å². The van der Waals surface area contributed by atoms with Gasteiger partial charge in [0.25, 0.3) is 0 Å². The van der Waals surface area contributed by atoms with Crippen LogP contribution >= 0.6 is 23.2 Å². The van der Waals surface area contributed by atoms with Gasteiger partial charge < -0.3 is 10.6 Å². The highest BCUT2D eigenvalue weighted by molar-refractivity contribution is 6.42. The van der Waals surface area contributed by atoms with Crippen molar-refractivity contribution < 1.29 is 4.79 Å². The van der Waals surface area contributed by atoms with Crippen molar-refractivity contribution in [3.63, 3.8) is 0 Å². The molecule has 0 aliphatic carbocycles. The van der Waals surface area contributed by atoms with Crippen LogP contribution in [0.25, 0.3) is 0 Å². The highest BCUT2D eigenvalue weighted by Gasteiger charge is 2.29. The van der Waals surface area contributed by atoms with Gasteiger partial charge >= 0.3 is 6.03 Å². The Labute approximate surface area is 151 Å². The molecule has 1 aliphatic heterocycles. The molecule has 1 saturated heterocycles. The second kappa shape index (κ2) is 7.43. The summed E-state index contributed by atoms with van der Waals surface area (Å²) in [4.78, 5) is 15.3. The minimum Gasteiger partial charge on any atom is -0.351 e. The Morgan fingerprint density at radius 3 is 2.25 bits per heavy atom. The highest BCUT2D eigenvalue weighted by Crippen LogP contribution is 2.37. The maximum atomic E-state index is 11.4. The number of carbonyl (C=O) groups excluding carboxylic acids is 1. The number of hydrogen-bond acceptors (Lipinski definition) is 2. The van der Waals surface area contributed by atoms with E-state index in [-0.39, 0.29) is 12.1 Å². The fraction of sp³-hybridized carbons (Fsp3) is 0.278. The van der Waals surface area contributed by atoms with E-state index in [0.29, 0.717) is 23.1 Å². The van der Waals surface area contributed by atoms with Gasteiger partial charge in [-0.1, -0.05) is 65.7 Å². The van der Waals surface area contributed by atoms with Crippen molar-refractivity contribution in [1.29, 1.82) is 0 Å². The van der Waals surface area contributed by atoms with Gasteiger partial charge in [0.15, 0.2) is 0 Å². The van der Waals surface area contributed by atoms with E-state index < -0.39 is 0 Å². The van der Waals surface area contributed by atoms with Gasteiger partial charge in [0.1, 0.15) is 0 Å². The molecule has 3 rings (SSSR count). The normalized spacial score (nSPS) is 16.8. The van der Waals surface area contributed by atoms with Crippen molar-refractivity contribution >= 4 is 29.2 Å². The van der Waals surface area contributed by atoms with Crippen LogP contribution in [-0.4, -0.2) is 42.0 Å². The maximum absolute atomic E-state index is 11.4. The Balaban J connectivity index is 1.95. The van der Waals surface area contributed by atoms with Crippen LogP contribution in [-0.2, 0) is 0 Å². The lowest BCUT2D eigenvalue weighted by Gasteiger charge is -2.39. The molecule has 1 atom stereocenters. The lowest BCUT2D eigenvalue weighted by Crippen LogP contribution is -2.51. The third-order valence-corrected chi connectivity index (χ3v) is 5.22. The Kier molecular flexibility index (Phi) is 5.29. The number of halogens is 2. The summed E-state index contributed by atoms with van der Waals surface area (Å²) in [6, 6.07) is 15.5. The van der Waals surface area contributed by atoms with Crippen molar-refractivity contribution in [1.82, 2.24) is 9.80 Å². The first kappa shape index (κ1) is 17.1. The molecule has 1 heterocycles. The van der Waals surface area contributed by atoms with Crippen LogP contribution in [0.5, 0.6) is 0 Å². The number of nitrogens with two attached hydrogens (primary N) is 1. The molecule has 2 aromatic rings. The molecule has 1 fully saturated rings. The first-order chi connectivity index (χ1) is 11.6. The van der Waals surface area contributed by atoms with Crippen molar-refractivity contribution in [2.24, 2.45) is 5.73 Å². The van der Waals surface area contributed by atoms with Crippen LogP contribution < -0.4 is 5.73 Å². The largest absolute Gasteiger partial charge is 0.351 e. The SMILES string of the molecule is NC(=O)N1CCN(C(c2ccccc2)c2cccc(Cl)c2Cl)CC1. The van der Waals surface area contributed by atoms with Gasteiger partial charge in [-0.3, -0.25) is 4.90 Å². The summed E-state index contributed by atoms with van der Waals surface area (Å²) in [5.74, 6) is 0. The number of rotatable bonds is 3. The lowest BCUT2D eigenvalue weighted by atomic mass is 9.96. The van der Waals surface area contributed by atoms with Gasteiger partial charge in [-0.2, -0.15) is 0 Å². The second-order valence-corrected chi connectivity index (χ2v) is 6.60. The Bertz CT molecular complexity index is 715. The fourth-order valence-corrected chi connectivity index (χ4v) is 3.57. The van der Waals surface area contributed by atoms with Gasteiger partial charge in [-0.15, -0.1) is 0 Å². The van der Waals surface area contributed by atoms with Crippen LogP contribution in [0, 0.1) is 0 Å². The zero-order chi connectivity index (χ0) is 17.1. The Morgan fingerprint density at radius 1 is 0.958 bits per heavy atom. The molecule has 24 heavy (non-hydrogen) atoms. The Hall–Kier alpha value is -1.75. The van der Waals surface area contributed by atoms with Gasteiger partial charge in [0.05, 0.1) is 16.1 Å². The third-order valence-electron chi connectivity index (χ3n) is 4.38. The maximum Gasteiger partial charge on any atom is 0.314 e. The molecule has 126 valence electrons. The molecule has 0 bridgehead atoms. The molecule has 0 spiro atoms. The molecule has 2 aromatic carbocycles. The van der Waals surface area contributed by atoms with E-state index in [1.807, 2.05) is 30.3 Å². The molecule has 2 N–H and O–H groups in total. The summed E-state index contributed by atoms with van der Waals surface area (Å²) in [7, 11) is 0. The highest BCUT2D eigenvalue weighted by atomic mass is 35.5. The summed E-state index contributed by atoms with van der Waals surface area (Å²) >= 11 is 12.7. The first-order valence-electron chi connectivity index (χ1n) is 7.85. The molecule has 2 amide bonds. The fourth-order valence-electron chi connectivity index (χ4n) is 3.15. The topological polar surface area (TPSA) is 49.6 Å². The van der Waals surface area contributed by atoms with E-state index in [4.69, 9.17) is 28.9 Å². The van der Waals surface area contributed by atoms with Crippen LogP contribution in [0.3, 0.4) is 0 Å². The van der Waals surface area contributed by atoms with Crippen molar-refractivity contribution in [2.75, 3.05) is 26.2 Å². The van der Waals surface area contributed by atoms with Crippen LogP contribution in [0.1, 0.15) is 17.2 Å². The number of urea groups is 1. The number of nitrogens with zero attached hydrogens (tertiary/aromatic N) is 2. The first-order valence-corrected chi connectivity index (χ1v) is 8.61. The number of primary amides is 1. The van der Waals surface area contributed by atoms with Crippen molar-refractivity contribution in [3.8, 4) is 0 Å². The number of amides is 2. The minimum atomic E-state index is -0.369. The summed E-state index contributed by atoms with van der Waals surface area (Å²) in [5.41, 5.74) is 7.51. The molecule has 1 aliphatic rings. The van der Waals surface area contributed by atoms with Crippen molar-refractivity contribution in [3.05, 3.63) is 69.7 Å². The molecule has 1 unspecified atom stereocenters. The second-order valence-electron chi connectivity index (χ2n) is 5.82. The zero-order valence-corrected chi connectivity index (χ0v) is 14.7. The monoisotopic (exact) mass is 363 g/mol. The summed E-state index contributed by atoms with van der Waals surface area (Å²) in [6.07, 6.45) is 0. The predicted molar refractivity (Wildman–Crippen MR) is 97.5 cm³/mol. The van der Waals surface area contributed by atoms with Crippen LogP contribution in [0.15, 0.2) is 48.5 Å². The molecule has 6 heteroatoms. The van der Waals surface area contributed by atoms with E-state index in [1.165, 1.54) is 0 Å². The standard InChI is InChI=1S/C18H19Cl2N3O/c19-15-8-4-7-14(16(15)20)17(13-5-2-1-3-6-13)22-9-11-23(12-10-22)18(21)24/h1-8,17H,9-12H2,(H2,21,24). The molecule has 0 aromatic heterocycles. The van der Waals surface area contributed by atoms with E-state index >= 15 is 0 Å². The van der Waals surface area contributed by atoms with Gasteiger partial charge in [-0.25, -0.2) is 4.79 Å². The predicted octanol–water partition coefficient (Wildman–Crippen LogP) is 3.78. The van der Waals surface area contributed by atoms with E-state index in [2.05, 4.69) is 17.0 Å². The van der Waals surface area contributed by atoms with Gasteiger partial charge in [0.2, 0.25) is 0 Å². The average molecular weight is 364 g/mol. The summed E-state index contributed by atoms with van der Waals surface area (Å²) in [6.45, 7) is 2.67. The third kappa shape index (κ3) is 3.51. The molecule has 0 saturated carbocycles. The number of piperazine rings is 1. The van der Waals surface area contributed by atoms with Gasteiger partial charge in [-0.05, 0) is 17.2 Å². The molecular weight excluding hydrogens is 345 g/mol. The smallest absolute Gasteiger partial charge is 0.314 e. The number of benzene rings is 2. The summed E-state index contributed by atoms with van der Waals surface area (Å²) in [5, 5.41) is 1.12. The molecular formula is C18H19Cl2N3O. The lowest BCUT2D eigenvalue weighted by molar-refractivity contribution is 0.124. The molecule has 4 nitrogen and oxygen atoms in total. The quantitative estimate of drug-likeness (QED) is 0.901. The van der Waals surface area contributed by atoms with Crippen LogP contribution in [0.4, 0.5) is 4.79 Å². The van der Waals surface area contributed by atoms with E-state index in [0.717, 1.165) is 24.2 Å². The van der Waals surface area contributed by atoms with Crippen molar-refractivity contribution in [2.45, 2.75) is 6.04 Å². The Morgan fingerprint density at radius 2 is 1.62 bits per heavy atom. The summed E-state index contributed by atoms with van der Waals surface area (Å²) < 4.78 is 0. The van der Waals surface area contributed by atoms with Crippen LogP contribution in [0.2, 0.25) is 10.0 Å². The average Bonchev–Trinajstić information content (AvgIpc) is 2.60. The number of hydrogen-bond donors (Lipinski definition) is 1. The minimum absolute atomic E-state index is 0.00701. The molecule has 0 radical (unpaired) electrons. The number of carbonyl (C=O) groups is 1. The van der Waals surface area contributed by atoms with Gasteiger partial charge in [0, 0.05) is 26.2 Å².